The largest absolute Gasteiger partial charge is 0.386 e. The Morgan fingerprint density at radius 1 is 1.28 bits per heavy atom. The summed E-state index contributed by atoms with van der Waals surface area (Å²) in [5.41, 5.74) is 1.75. The van der Waals surface area contributed by atoms with Crippen molar-refractivity contribution < 1.29 is 9.90 Å². The van der Waals surface area contributed by atoms with Crippen LogP contribution in [0.15, 0.2) is 41.4 Å². The van der Waals surface area contributed by atoms with E-state index in [4.69, 9.17) is 11.6 Å². The van der Waals surface area contributed by atoms with Gasteiger partial charge in [-0.25, -0.2) is 0 Å². The molecule has 2 rings (SSSR count). The molecule has 1 heterocycles. The van der Waals surface area contributed by atoms with E-state index in [1.54, 1.807) is 25.1 Å². The lowest BCUT2D eigenvalue weighted by molar-refractivity contribution is 0.0827. The van der Waals surface area contributed by atoms with Crippen LogP contribution in [-0.2, 0) is 6.42 Å². The molecule has 0 aliphatic carbocycles. The van der Waals surface area contributed by atoms with Crippen LogP contribution in [0.2, 0.25) is 4.34 Å². The van der Waals surface area contributed by atoms with Crippen LogP contribution in [0.5, 0.6) is 0 Å². The van der Waals surface area contributed by atoms with E-state index < -0.39 is 6.10 Å². The molecule has 1 amide bonds. The number of aliphatic hydroxyl groups excluding tert-OH is 1. The minimum Gasteiger partial charge on any atom is -0.386 e. The van der Waals surface area contributed by atoms with Crippen LogP contribution in [0.25, 0.3) is 0 Å². The van der Waals surface area contributed by atoms with E-state index in [1.807, 2.05) is 37.3 Å². The lowest BCUT2D eigenvalue weighted by atomic mass is 10.1. The van der Waals surface area contributed by atoms with Gasteiger partial charge in [-0.1, -0.05) is 23.7 Å². The molecule has 29 heavy (non-hydrogen) atoms. The minimum absolute atomic E-state index is 0. The van der Waals surface area contributed by atoms with Crippen LogP contribution in [0.1, 0.15) is 33.8 Å². The summed E-state index contributed by atoms with van der Waals surface area (Å²) >= 11 is 7.27. The van der Waals surface area contributed by atoms with E-state index in [0.29, 0.717) is 22.4 Å². The highest BCUT2D eigenvalue weighted by atomic mass is 127. The molecule has 1 aromatic heterocycles. The Morgan fingerprint density at radius 3 is 2.66 bits per heavy atom. The quantitative estimate of drug-likeness (QED) is 0.267. The van der Waals surface area contributed by atoms with Gasteiger partial charge in [-0.15, -0.1) is 35.3 Å². The van der Waals surface area contributed by atoms with Crippen molar-refractivity contribution >= 4 is 58.8 Å². The molecule has 1 aromatic carbocycles. The number of benzene rings is 1. The summed E-state index contributed by atoms with van der Waals surface area (Å²) in [5, 5.41) is 16.7. The van der Waals surface area contributed by atoms with Crippen LogP contribution in [0, 0.1) is 0 Å². The van der Waals surface area contributed by atoms with Gasteiger partial charge in [-0.05, 0) is 43.2 Å². The second-order valence-corrected chi connectivity index (χ2v) is 8.20. The third kappa shape index (κ3) is 8.49. The van der Waals surface area contributed by atoms with Gasteiger partial charge in [-0.3, -0.25) is 9.79 Å². The third-order valence-corrected chi connectivity index (χ3v) is 5.31. The van der Waals surface area contributed by atoms with E-state index in [1.165, 1.54) is 11.3 Å². The highest BCUT2D eigenvalue weighted by Crippen LogP contribution is 2.26. The fourth-order valence-electron chi connectivity index (χ4n) is 2.56. The van der Waals surface area contributed by atoms with Crippen molar-refractivity contribution in [3.63, 3.8) is 0 Å². The van der Waals surface area contributed by atoms with Crippen molar-refractivity contribution in [3.8, 4) is 0 Å². The number of halogens is 2. The van der Waals surface area contributed by atoms with E-state index in [9.17, 15) is 9.90 Å². The van der Waals surface area contributed by atoms with Gasteiger partial charge >= 0.3 is 0 Å². The lowest BCUT2D eigenvalue weighted by Crippen LogP contribution is -2.38. The van der Waals surface area contributed by atoms with Gasteiger partial charge in [0, 0.05) is 37.6 Å². The maximum atomic E-state index is 12.1. The predicted molar refractivity (Wildman–Crippen MR) is 132 cm³/mol. The zero-order chi connectivity index (χ0) is 20.5. The van der Waals surface area contributed by atoms with Gasteiger partial charge in [0.15, 0.2) is 5.96 Å². The molecule has 0 saturated carbocycles. The number of carbonyl (C=O) groups is 1. The SMILES string of the molecule is CCNC(=NCC(O)c1ccc(Cl)s1)NCCc1cccc(C(=O)N(C)C)c1.I. The van der Waals surface area contributed by atoms with Crippen molar-refractivity contribution in [2.45, 2.75) is 19.4 Å². The van der Waals surface area contributed by atoms with Crippen molar-refractivity contribution in [1.82, 2.24) is 15.5 Å². The van der Waals surface area contributed by atoms with E-state index in [-0.39, 0.29) is 36.4 Å². The van der Waals surface area contributed by atoms with Crippen molar-refractivity contribution in [2.75, 3.05) is 33.7 Å². The Bertz CT molecular complexity index is 813. The Labute approximate surface area is 198 Å². The molecule has 2 aromatic rings. The first-order valence-corrected chi connectivity index (χ1v) is 10.4. The fourth-order valence-corrected chi connectivity index (χ4v) is 3.60. The molecule has 0 saturated heterocycles. The maximum absolute atomic E-state index is 12.1. The Balaban J connectivity index is 0.00000420. The molecule has 3 N–H and O–H groups in total. The van der Waals surface area contributed by atoms with Gasteiger partial charge in [0.05, 0.1) is 10.9 Å². The van der Waals surface area contributed by atoms with Gasteiger partial charge < -0.3 is 20.6 Å². The monoisotopic (exact) mass is 550 g/mol. The second kappa shape index (κ2) is 13.0. The molecule has 0 bridgehead atoms. The Hall–Kier alpha value is -1.36. The number of hydrogen-bond donors (Lipinski definition) is 3. The number of rotatable bonds is 8. The number of guanidine groups is 1. The summed E-state index contributed by atoms with van der Waals surface area (Å²) in [6.45, 7) is 3.62. The van der Waals surface area contributed by atoms with Crippen LogP contribution in [0.4, 0.5) is 0 Å². The number of hydrogen-bond acceptors (Lipinski definition) is 4. The molecule has 1 atom stereocenters. The van der Waals surface area contributed by atoms with Crippen molar-refractivity contribution in [1.29, 1.82) is 0 Å². The molecule has 0 aliphatic heterocycles. The molecule has 6 nitrogen and oxygen atoms in total. The predicted octanol–water partition coefficient (Wildman–Crippen LogP) is 3.55. The van der Waals surface area contributed by atoms with E-state index in [0.717, 1.165) is 23.4 Å². The van der Waals surface area contributed by atoms with E-state index >= 15 is 0 Å². The van der Waals surface area contributed by atoms with Gasteiger partial charge in [0.25, 0.3) is 5.91 Å². The van der Waals surface area contributed by atoms with E-state index in [2.05, 4.69) is 15.6 Å². The van der Waals surface area contributed by atoms with Crippen LogP contribution >= 0.6 is 46.9 Å². The summed E-state index contributed by atoms with van der Waals surface area (Å²) in [7, 11) is 3.49. The molecule has 0 radical (unpaired) electrons. The number of amides is 1. The molecule has 9 heteroatoms. The normalized spacial score (nSPS) is 12.1. The molecule has 0 aliphatic rings. The van der Waals surface area contributed by atoms with Gasteiger partial charge in [0.1, 0.15) is 6.10 Å². The van der Waals surface area contributed by atoms with Crippen molar-refractivity contribution in [2.24, 2.45) is 4.99 Å². The Kier molecular flexibility index (Phi) is 11.6. The zero-order valence-corrected chi connectivity index (χ0v) is 20.7. The molecular weight excluding hydrogens is 523 g/mol. The number of thiophene rings is 1. The minimum atomic E-state index is -0.679. The van der Waals surface area contributed by atoms with Crippen molar-refractivity contribution in [3.05, 3.63) is 56.7 Å². The molecule has 1 unspecified atom stereocenters. The molecule has 0 spiro atoms. The third-order valence-electron chi connectivity index (χ3n) is 3.98. The fraction of sp³-hybridized carbons (Fsp3) is 0.400. The number of carbonyl (C=O) groups excluding carboxylic acids is 1. The molecular formula is C20H28ClIN4O2S. The smallest absolute Gasteiger partial charge is 0.253 e. The first-order valence-electron chi connectivity index (χ1n) is 9.16. The van der Waals surface area contributed by atoms with Crippen LogP contribution < -0.4 is 10.6 Å². The summed E-state index contributed by atoms with van der Waals surface area (Å²) in [4.78, 5) is 18.9. The van der Waals surface area contributed by atoms with Gasteiger partial charge in [0.2, 0.25) is 0 Å². The lowest BCUT2D eigenvalue weighted by Gasteiger charge is -2.13. The Morgan fingerprint density at radius 2 is 2.03 bits per heavy atom. The maximum Gasteiger partial charge on any atom is 0.253 e. The summed E-state index contributed by atoms with van der Waals surface area (Å²) in [5.74, 6) is 0.636. The number of nitrogens with one attached hydrogen (secondary N) is 2. The van der Waals surface area contributed by atoms with Crippen LogP contribution in [0.3, 0.4) is 0 Å². The summed E-state index contributed by atoms with van der Waals surface area (Å²) in [6, 6.07) is 11.2. The summed E-state index contributed by atoms with van der Waals surface area (Å²) in [6.07, 6.45) is 0.0730. The molecule has 0 fully saturated rings. The average Bonchev–Trinajstić information content (AvgIpc) is 3.12. The van der Waals surface area contributed by atoms with Gasteiger partial charge in [-0.2, -0.15) is 0 Å². The molecule has 160 valence electrons. The van der Waals surface area contributed by atoms with Crippen LogP contribution in [-0.4, -0.2) is 55.6 Å². The standard InChI is InChI=1S/C20H27ClN4O2S.HI/c1-4-22-20(24-13-16(26)17-8-9-18(21)28-17)23-11-10-14-6-5-7-15(12-14)19(27)25(2)3;/h5-9,12,16,26H,4,10-11,13H2,1-3H3,(H2,22,23,24);1H. The highest BCUT2D eigenvalue weighted by molar-refractivity contribution is 14.0. The first-order chi connectivity index (χ1) is 13.4. The first kappa shape index (κ1) is 25.7. The second-order valence-electron chi connectivity index (χ2n) is 6.45. The number of nitrogens with zero attached hydrogens (tertiary/aromatic N) is 2. The number of aliphatic imine (C=N–C) groups is 1. The zero-order valence-electron chi connectivity index (χ0n) is 16.8. The average molecular weight is 551 g/mol. The highest BCUT2D eigenvalue weighted by Gasteiger charge is 2.11. The topological polar surface area (TPSA) is 77.0 Å². The number of aliphatic hydroxyl groups is 1. The summed E-state index contributed by atoms with van der Waals surface area (Å²) < 4.78 is 0.651.